The lowest BCUT2D eigenvalue weighted by atomic mass is 9.65. The zero-order valence-corrected chi connectivity index (χ0v) is 30.3. The molecule has 0 bridgehead atoms. The van der Waals surface area contributed by atoms with Crippen molar-refractivity contribution in [3.05, 3.63) is 216 Å². The summed E-state index contributed by atoms with van der Waals surface area (Å²) in [6.07, 6.45) is 0. The molecule has 0 N–H and O–H groups in total. The SMILES string of the molecule is c1ccc(-c2nc(-c3ccccc3)nc(-c3ccc(-c4ccc5c(c4)[C@]4(c6ccccc6-5)c5ccccc5-n5c6ccccc6c6cccc4c65)cc3)n2)cc1. The maximum atomic E-state index is 4.98. The summed E-state index contributed by atoms with van der Waals surface area (Å²) in [4.78, 5) is 14.8. The van der Waals surface area contributed by atoms with Crippen molar-refractivity contribution in [2.45, 2.75) is 5.41 Å². The van der Waals surface area contributed by atoms with Crippen molar-refractivity contribution in [1.82, 2.24) is 19.5 Å². The van der Waals surface area contributed by atoms with Gasteiger partial charge in [-0.15, -0.1) is 0 Å². The highest BCUT2D eigenvalue weighted by Gasteiger charge is 2.50. The van der Waals surface area contributed by atoms with E-state index in [0.29, 0.717) is 17.5 Å². The highest BCUT2D eigenvalue weighted by Crippen LogP contribution is 2.61. The first-order valence-corrected chi connectivity index (χ1v) is 19.1. The topological polar surface area (TPSA) is 43.6 Å². The molecule has 2 aromatic heterocycles. The standard InChI is InChI=1S/C52H32N4/c1-3-14-34(15-4-1)49-53-50(35-16-5-2-6-17-35)55-51(54-49)36-28-26-33(27-29-36)37-30-31-39-38-18-7-9-21-42(38)52(45(39)32-37)43-22-10-12-25-47(43)56-46-24-11-8-19-40(46)41-20-13-23-44(52)48(41)56/h1-32H/t52-/m1/s1. The van der Waals surface area contributed by atoms with Crippen LogP contribution in [0.15, 0.2) is 194 Å². The first-order chi connectivity index (χ1) is 27.8. The van der Waals surface area contributed by atoms with Gasteiger partial charge >= 0.3 is 0 Å². The lowest BCUT2D eigenvalue weighted by Gasteiger charge is -2.39. The molecule has 56 heavy (non-hydrogen) atoms. The van der Waals surface area contributed by atoms with E-state index in [9.17, 15) is 0 Å². The van der Waals surface area contributed by atoms with Crippen molar-refractivity contribution >= 4 is 21.8 Å². The van der Waals surface area contributed by atoms with Crippen molar-refractivity contribution in [3.8, 4) is 62.1 Å². The highest BCUT2D eigenvalue weighted by molar-refractivity contribution is 6.12. The van der Waals surface area contributed by atoms with Crippen molar-refractivity contribution in [2.24, 2.45) is 0 Å². The van der Waals surface area contributed by atoms with Gasteiger partial charge in [0.05, 0.1) is 22.1 Å². The Hall–Kier alpha value is -7.43. The van der Waals surface area contributed by atoms with Gasteiger partial charge in [-0.1, -0.05) is 176 Å². The quantitative estimate of drug-likeness (QED) is 0.182. The van der Waals surface area contributed by atoms with Crippen LogP contribution in [0.2, 0.25) is 0 Å². The Morgan fingerprint density at radius 1 is 0.339 bits per heavy atom. The third-order valence-electron chi connectivity index (χ3n) is 11.9. The number of rotatable bonds is 4. The van der Waals surface area contributed by atoms with Gasteiger partial charge in [0.2, 0.25) is 0 Å². The van der Waals surface area contributed by atoms with Gasteiger partial charge in [-0.05, 0) is 62.7 Å². The van der Waals surface area contributed by atoms with Crippen LogP contribution in [-0.2, 0) is 5.41 Å². The van der Waals surface area contributed by atoms with E-state index in [-0.39, 0.29) is 0 Å². The Balaban J connectivity index is 1.04. The molecule has 260 valence electrons. The molecule has 0 amide bonds. The Morgan fingerprint density at radius 3 is 1.59 bits per heavy atom. The molecule has 0 fully saturated rings. The van der Waals surface area contributed by atoms with E-state index in [0.717, 1.165) is 22.3 Å². The van der Waals surface area contributed by atoms with E-state index >= 15 is 0 Å². The van der Waals surface area contributed by atoms with E-state index < -0.39 is 5.41 Å². The first kappa shape index (κ1) is 31.0. The maximum Gasteiger partial charge on any atom is 0.164 e. The molecular formula is C52H32N4. The summed E-state index contributed by atoms with van der Waals surface area (Å²) in [5, 5.41) is 2.57. The van der Waals surface area contributed by atoms with E-state index in [4.69, 9.17) is 15.0 Å². The molecule has 0 saturated heterocycles. The van der Waals surface area contributed by atoms with Crippen LogP contribution >= 0.6 is 0 Å². The molecule has 4 heteroatoms. The molecule has 2 aliphatic rings. The summed E-state index contributed by atoms with van der Waals surface area (Å²) in [5.74, 6) is 1.96. The van der Waals surface area contributed by atoms with E-state index in [2.05, 4.69) is 138 Å². The molecule has 0 radical (unpaired) electrons. The van der Waals surface area contributed by atoms with Crippen LogP contribution in [0.3, 0.4) is 0 Å². The Labute approximate surface area is 324 Å². The fraction of sp³-hybridized carbons (Fsp3) is 0.0192. The molecule has 1 aliphatic heterocycles. The van der Waals surface area contributed by atoms with Gasteiger partial charge < -0.3 is 4.57 Å². The summed E-state index contributed by atoms with van der Waals surface area (Å²) < 4.78 is 2.50. The summed E-state index contributed by atoms with van der Waals surface area (Å²) in [6.45, 7) is 0. The first-order valence-electron chi connectivity index (χ1n) is 19.1. The van der Waals surface area contributed by atoms with Crippen molar-refractivity contribution in [2.75, 3.05) is 0 Å². The molecule has 12 rings (SSSR count). The minimum Gasteiger partial charge on any atom is -0.309 e. The van der Waals surface area contributed by atoms with Crippen molar-refractivity contribution < 1.29 is 0 Å². The fourth-order valence-corrected chi connectivity index (χ4v) is 9.49. The summed E-state index contributed by atoms with van der Waals surface area (Å²) in [5.41, 5.74) is 16.3. The highest BCUT2D eigenvalue weighted by atomic mass is 15.0. The zero-order chi connectivity index (χ0) is 36.8. The normalized spacial score (nSPS) is 14.9. The van der Waals surface area contributed by atoms with Crippen molar-refractivity contribution in [1.29, 1.82) is 0 Å². The molecule has 1 atom stereocenters. The lowest BCUT2D eigenvalue weighted by Crippen LogP contribution is -2.33. The molecule has 1 spiro atoms. The van der Waals surface area contributed by atoms with Gasteiger partial charge in [-0.2, -0.15) is 0 Å². The third kappa shape index (κ3) is 4.27. The van der Waals surface area contributed by atoms with Crippen LogP contribution in [0.25, 0.3) is 83.9 Å². The Bertz CT molecular complexity index is 3120. The third-order valence-corrected chi connectivity index (χ3v) is 11.9. The lowest BCUT2D eigenvalue weighted by molar-refractivity contribution is 0.749. The number of aromatic nitrogens is 4. The molecule has 1 aliphatic carbocycles. The van der Waals surface area contributed by atoms with Crippen LogP contribution in [0.1, 0.15) is 22.3 Å². The number of hydrogen-bond donors (Lipinski definition) is 0. The summed E-state index contributed by atoms with van der Waals surface area (Å²) in [7, 11) is 0. The Morgan fingerprint density at radius 2 is 0.857 bits per heavy atom. The number of benzene rings is 8. The molecular weight excluding hydrogens is 681 g/mol. The van der Waals surface area contributed by atoms with Crippen LogP contribution in [0.4, 0.5) is 0 Å². The number of fused-ring (bicyclic) bond motifs is 12. The molecule has 10 aromatic rings. The molecule has 4 nitrogen and oxygen atoms in total. The van der Waals surface area contributed by atoms with Gasteiger partial charge in [0.1, 0.15) is 0 Å². The number of nitrogens with zero attached hydrogens (tertiary/aromatic N) is 4. The second kappa shape index (κ2) is 11.8. The van der Waals surface area contributed by atoms with Crippen molar-refractivity contribution in [3.63, 3.8) is 0 Å². The second-order valence-electron chi connectivity index (χ2n) is 14.7. The van der Waals surface area contributed by atoms with E-state index in [1.807, 2.05) is 60.7 Å². The van der Waals surface area contributed by atoms with Crippen LogP contribution in [0.5, 0.6) is 0 Å². The minimum absolute atomic E-state index is 0.491. The van der Waals surface area contributed by atoms with Gasteiger partial charge in [0.15, 0.2) is 17.5 Å². The minimum atomic E-state index is -0.491. The predicted molar refractivity (Wildman–Crippen MR) is 227 cm³/mol. The van der Waals surface area contributed by atoms with Gasteiger partial charge in [-0.25, -0.2) is 15.0 Å². The zero-order valence-electron chi connectivity index (χ0n) is 30.3. The maximum absolute atomic E-state index is 4.98. The number of para-hydroxylation sites is 3. The largest absolute Gasteiger partial charge is 0.309 e. The molecule has 3 heterocycles. The summed E-state index contributed by atoms with van der Waals surface area (Å²) in [6, 6.07) is 69.8. The molecule has 0 unspecified atom stereocenters. The average molecular weight is 713 g/mol. The second-order valence-corrected chi connectivity index (χ2v) is 14.7. The van der Waals surface area contributed by atoms with E-state index in [1.54, 1.807) is 0 Å². The monoisotopic (exact) mass is 712 g/mol. The van der Waals surface area contributed by atoms with E-state index in [1.165, 1.54) is 66.4 Å². The molecule has 0 saturated carbocycles. The van der Waals surface area contributed by atoms with Crippen LogP contribution < -0.4 is 0 Å². The van der Waals surface area contributed by atoms with Crippen LogP contribution in [0, 0.1) is 0 Å². The fourth-order valence-electron chi connectivity index (χ4n) is 9.49. The van der Waals surface area contributed by atoms with Gasteiger partial charge in [-0.3, -0.25) is 0 Å². The smallest absolute Gasteiger partial charge is 0.164 e. The average Bonchev–Trinajstić information content (AvgIpc) is 3.77. The van der Waals surface area contributed by atoms with Gasteiger partial charge in [0.25, 0.3) is 0 Å². The summed E-state index contributed by atoms with van der Waals surface area (Å²) >= 11 is 0. The van der Waals surface area contributed by atoms with Crippen LogP contribution in [-0.4, -0.2) is 19.5 Å². The Kier molecular flexibility index (Phi) is 6.52. The van der Waals surface area contributed by atoms with Gasteiger partial charge in [0, 0.05) is 27.5 Å². The molecule has 8 aromatic carbocycles. The number of hydrogen-bond acceptors (Lipinski definition) is 3. The predicted octanol–water partition coefficient (Wildman–Crippen LogP) is 12.3.